The van der Waals surface area contributed by atoms with Crippen LogP contribution in [0.5, 0.6) is 5.75 Å². The Morgan fingerprint density at radius 2 is 2.03 bits per heavy atom. The molecular formula is C23H26N8O2. The second-order valence-electron chi connectivity index (χ2n) is 9.12. The van der Waals surface area contributed by atoms with E-state index in [0.29, 0.717) is 28.9 Å². The highest BCUT2D eigenvalue weighted by Gasteiger charge is 2.42. The first kappa shape index (κ1) is 20.1. The summed E-state index contributed by atoms with van der Waals surface area (Å²) in [7, 11) is 1.59. The Balaban J connectivity index is 1.16. The Hall–Kier alpha value is -3.58. The SMILES string of the molecule is COc1cc(-c2cnn(C3CCN(C(=O)N4C[C@H]5C[C@@H]4CN5)CC3)c2)cn2ncc(C#N)c12. The third kappa shape index (κ3) is 3.31. The minimum absolute atomic E-state index is 0.194. The first-order valence-electron chi connectivity index (χ1n) is 11.4. The van der Waals surface area contributed by atoms with E-state index in [2.05, 4.69) is 26.5 Å². The molecule has 3 aromatic heterocycles. The average molecular weight is 447 g/mol. The minimum Gasteiger partial charge on any atom is -0.494 e. The number of amides is 2. The Morgan fingerprint density at radius 1 is 1.18 bits per heavy atom. The van der Waals surface area contributed by atoms with Crippen LogP contribution in [0.2, 0.25) is 0 Å². The number of urea groups is 1. The summed E-state index contributed by atoms with van der Waals surface area (Å²) < 4.78 is 9.21. The number of hydrogen-bond donors (Lipinski definition) is 1. The normalized spacial score (nSPS) is 22.8. The molecule has 6 heterocycles. The van der Waals surface area contributed by atoms with Crippen molar-refractivity contribution >= 4 is 11.5 Å². The fourth-order valence-corrected chi connectivity index (χ4v) is 5.46. The Kier molecular flexibility index (Phi) is 4.73. The van der Waals surface area contributed by atoms with Crippen molar-refractivity contribution in [2.45, 2.75) is 37.4 Å². The van der Waals surface area contributed by atoms with E-state index in [9.17, 15) is 10.1 Å². The first-order valence-corrected chi connectivity index (χ1v) is 11.4. The van der Waals surface area contributed by atoms with Gasteiger partial charge in [-0.2, -0.15) is 15.5 Å². The zero-order chi connectivity index (χ0) is 22.5. The summed E-state index contributed by atoms with van der Waals surface area (Å²) in [5.41, 5.74) is 3.02. The molecule has 2 bridgehead atoms. The van der Waals surface area contributed by atoms with Crippen LogP contribution in [0.4, 0.5) is 4.79 Å². The van der Waals surface area contributed by atoms with Crippen LogP contribution in [0.1, 0.15) is 30.9 Å². The van der Waals surface area contributed by atoms with Gasteiger partial charge < -0.3 is 19.9 Å². The van der Waals surface area contributed by atoms with Gasteiger partial charge in [0.15, 0.2) is 0 Å². The summed E-state index contributed by atoms with van der Waals surface area (Å²) in [6, 6.07) is 5.37. The van der Waals surface area contributed by atoms with Crippen LogP contribution in [-0.2, 0) is 0 Å². The topological polar surface area (TPSA) is 104 Å². The zero-order valence-electron chi connectivity index (χ0n) is 18.5. The molecule has 10 nitrogen and oxygen atoms in total. The number of piperidine rings is 1. The van der Waals surface area contributed by atoms with Gasteiger partial charge in [-0.15, -0.1) is 0 Å². The highest BCUT2D eigenvalue weighted by molar-refractivity contribution is 5.76. The molecule has 0 saturated carbocycles. The van der Waals surface area contributed by atoms with Crippen LogP contribution in [0, 0.1) is 11.3 Å². The van der Waals surface area contributed by atoms with Gasteiger partial charge in [-0.25, -0.2) is 9.31 Å². The van der Waals surface area contributed by atoms with Gasteiger partial charge in [-0.1, -0.05) is 0 Å². The molecular weight excluding hydrogens is 420 g/mol. The quantitative estimate of drug-likeness (QED) is 0.659. The van der Waals surface area contributed by atoms with E-state index in [1.807, 2.05) is 34.2 Å². The number of carbonyl (C=O) groups is 1. The van der Waals surface area contributed by atoms with Gasteiger partial charge in [0.25, 0.3) is 0 Å². The highest BCUT2D eigenvalue weighted by Crippen LogP contribution is 2.32. The molecule has 0 aliphatic carbocycles. The van der Waals surface area contributed by atoms with E-state index < -0.39 is 0 Å². The van der Waals surface area contributed by atoms with Gasteiger partial charge in [0.2, 0.25) is 0 Å². The molecule has 3 saturated heterocycles. The van der Waals surface area contributed by atoms with E-state index in [1.165, 1.54) is 0 Å². The molecule has 3 aliphatic heterocycles. The van der Waals surface area contributed by atoms with Crippen LogP contribution in [0.25, 0.3) is 16.6 Å². The summed E-state index contributed by atoms with van der Waals surface area (Å²) in [4.78, 5) is 17.0. The van der Waals surface area contributed by atoms with E-state index in [-0.39, 0.29) is 12.1 Å². The molecule has 3 aromatic rings. The summed E-state index contributed by atoms with van der Waals surface area (Å²) in [6.45, 7) is 3.27. The maximum absolute atomic E-state index is 13.0. The molecule has 3 fully saturated rings. The number of ether oxygens (including phenoxy) is 1. The molecule has 1 N–H and O–H groups in total. The second-order valence-corrected chi connectivity index (χ2v) is 9.12. The third-order valence-corrected chi connectivity index (χ3v) is 7.26. The van der Waals surface area contributed by atoms with Crippen molar-refractivity contribution in [1.82, 2.24) is 34.5 Å². The van der Waals surface area contributed by atoms with E-state index in [1.54, 1.807) is 17.8 Å². The lowest BCUT2D eigenvalue weighted by atomic mass is 10.1. The molecule has 2 amide bonds. The molecule has 3 aliphatic rings. The Morgan fingerprint density at radius 3 is 2.73 bits per heavy atom. The number of carbonyl (C=O) groups excluding carboxylic acids is 1. The smallest absolute Gasteiger partial charge is 0.320 e. The maximum Gasteiger partial charge on any atom is 0.320 e. The number of methoxy groups -OCH3 is 1. The summed E-state index contributed by atoms with van der Waals surface area (Å²) >= 11 is 0. The van der Waals surface area contributed by atoms with Gasteiger partial charge in [0.05, 0.1) is 25.5 Å². The van der Waals surface area contributed by atoms with Gasteiger partial charge in [0.1, 0.15) is 22.9 Å². The van der Waals surface area contributed by atoms with E-state index in [4.69, 9.17) is 4.74 Å². The van der Waals surface area contributed by atoms with Crippen molar-refractivity contribution in [3.05, 3.63) is 36.4 Å². The van der Waals surface area contributed by atoms with Crippen molar-refractivity contribution in [1.29, 1.82) is 5.26 Å². The van der Waals surface area contributed by atoms with Gasteiger partial charge in [0, 0.05) is 61.8 Å². The van der Waals surface area contributed by atoms with Crippen molar-refractivity contribution in [3.63, 3.8) is 0 Å². The number of fused-ring (bicyclic) bond motifs is 3. The zero-order valence-corrected chi connectivity index (χ0v) is 18.5. The molecule has 0 radical (unpaired) electrons. The predicted octanol–water partition coefficient (Wildman–Crippen LogP) is 1.88. The van der Waals surface area contributed by atoms with Crippen molar-refractivity contribution < 1.29 is 9.53 Å². The van der Waals surface area contributed by atoms with Crippen LogP contribution in [-0.4, -0.2) is 80.6 Å². The van der Waals surface area contributed by atoms with Crippen LogP contribution >= 0.6 is 0 Å². The predicted molar refractivity (Wildman–Crippen MR) is 120 cm³/mol. The molecule has 170 valence electrons. The lowest BCUT2D eigenvalue weighted by Crippen LogP contribution is -2.53. The number of hydrogen-bond acceptors (Lipinski definition) is 6. The van der Waals surface area contributed by atoms with Crippen LogP contribution < -0.4 is 10.1 Å². The molecule has 33 heavy (non-hydrogen) atoms. The maximum atomic E-state index is 13.0. The minimum atomic E-state index is 0.194. The Bertz CT molecular complexity index is 1250. The number of pyridine rings is 1. The number of rotatable bonds is 3. The molecule has 10 heteroatoms. The molecule has 0 aromatic carbocycles. The summed E-state index contributed by atoms with van der Waals surface area (Å²) in [6.07, 6.45) is 10.2. The van der Waals surface area contributed by atoms with Crippen molar-refractivity contribution in [2.75, 3.05) is 33.3 Å². The highest BCUT2D eigenvalue weighted by atomic mass is 16.5. The first-order chi connectivity index (χ1) is 16.1. The molecule has 6 rings (SSSR count). The number of aromatic nitrogens is 4. The Labute approximate surface area is 191 Å². The lowest BCUT2D eigenvalue weighted by molar-refractivity contribution is 0.123. The van der Waals surface area contributed by atoms with Crippen molar-refractivity contribution in [2.24, 2.45) is 0 Å². The van der Waals surface area contributed by atoms with Gasteiger partial charge in [-0.05, 0) is 25.3 Å². The van der Waals surface area contributed by atoms with Gasteiger partial charge >= 0.3 is 6.03 Å². The fourth-order valence-electron chi connectivity index (χ4n) is 5.46. The summed E-state index contributed by atoms with van der Waals surface area (Å²) in [5.74, 6) is 0.604. The number of nitrogens with one attached hydrogen (secondary N) is 1. The van der Waals surface area contributed by atoms with Crippen LogP contribution in [0.3, 0.4) is 0 Å². The molecule has 0 spiro atoms. The number of nitriles is 1. The molecule has 2 atom stereocenters. The van der Waals surface area contributed by atoms with E-state index in [0.717, 1.165) is 56.6 Å². The van der Waals surface area contributed by atoms with Gasteiger partial charge in [-0.3, -0.25) is 4.68 Å². The summed E-state index contributed by atoms with van der Waals surface area (Å²) in [5, 5.41) is 21.7. The third-order valence-electron chi connectivity index (χ3n) is 7.26. The molecule has 0 unspecified atom stereocenters. The fraction of sp³-hybridized carbons (Fsp3) is 0.478. The number of piperazine rings is 1. The monoisotopic (exact) mass is 446 g/mol. The van der Waals surface area contributed by atoms with Crippen molar-refractivity contribution in [3.8, 4) is 22.9 Å². The second kappa shape index (κ2) is 7.78. The largest absolute Gasteiger partial charge is 0.494 e. The van der Waals surface area contributed by atoms with E-state index >= 15 is 0 Å². The number of nitrogens with zero attached hydrogens (tertiary/aromatic N) is 7. The standard InChI is InChI=1S/C23H26N8O2/c1-33-21-6-15(12-31-22(21)16(8-24)9-27-31)17-10-26-30(13-17)19-2-4-28(5-3-19)23(32)29-14-18-7-20(29)11-25-18/h6,9-10,12-13,18-20,25H,2-5,7,11,14H2,1H3/t18-,20-/m1/s1. The average Bonchev–Trinajstić information content (AvgIpc) is 3.66. The lowest BCUT2D eigenvalue weighted by Gasteiger charge is -2.37. The number of likely N-dealkylation sites (tertiary alicyclic amines) is 2. The van der Waals surface area contributed by atoms with Crippen LogP contribution in [0.15, 0.2) is 30.9 Å².